The van der Waals surface area contributed by atoms with Gasteiger partial charge in [0.25, 0.3) is 0 Å². The summed E-state index contributed by atoms with van der Waals surface area (Å²) in [5.74, 6) is 0.117. The zero-order chi connectivity index (χ0) is 12.6. The molecule has 17 heavy (non-hydrogen) atoms. The van der Waals surface area contributed by atoms with Crippen molar-refractivity contribution in [2.45, 2.75) is 33.1 Å². The van der Waals surface area contributed by atoms with E-state index >= 15 is 0 Å². The van der Waals surface area contributed by atoms with Crippen molar-refractivity contribution in [3.8, 4) is 5.75 Å². The van der Waals surface area contributed by atoms with E-state index in [1.165, 1.54) is 6.07 Å². The largest absolute Gasteiger partial charge is 2.00 e. The van der Waals surface area contributed by atoms with E-state index in [1.54, 1.807) is 6.07 Å². The van der Waals surface area contributed by atoms with Crippen LogP contribution in [0.25, 0.3) is 0 Å². The Morgan fingerprint density at radius 3 is 2.18 bits per heavy atom. The summed E-state index contributed by atoms with van der Waals surface area (Å²) in [4.78, 5) is 21.2. The predicted molar refractivity (Wildman–Crippen MR) is 63.9 cm³/mol. The molecule has 0 N–H and O–H groups in total. The fourth-order valence-electron chi connectivity index (χ4n) is 1.43. The molecule has 1 rings (SSSR count). The molecule has 0 aliphatic heterocycles. The van der Waals surface area contributed by atoms with Crippen molar-refractivity contribution in [2.24, 2.45) is 0 Å². The van der Waals surface area contributed by atoms with Crippen molar-refractivity contribution < 1.29 is 18.9 Å². The number of aryl methyl sites for hydroxylation is 1. The summed E-state index contributed by atoms with van der Waals surface area (Å²) in [7, 11) is -5.00. The van der Waals surface area contributed by atoms with Gasteiger partial charge in [-0.25, -0.2) is 0 Å². The van der Waals surface area contributed by atoms with Gasteiger partial charge in [-0.3, -0.25) is 0 Å². The van der Waals surface area contributed by atoms with Crippen molar-refractivity contribution >= 4 is 45.6 Å². The van der Waals surface area contributed by atoms with E-state index in [1.807, 2.05) is 33.8 Å². The molecule has 0 atom stereocenters. The molecule has 0 aliphatic carbocycles. The van der Waals surface area contributed by atoms with Crippen molar-refractivity contribution in [3.63, 3.8) is 0 Å². The monoisotopic (exact) mass is 282 g/mol. The Hall–Kier alpha value is 0.430. The Bertz CT molecular complexity index is 434. The van der Waals surface area contributed by atoms with Crippen molar-refractivity contribution in [3.05, 3.63) is 29.3 Å². The Morgan fingerprint density at radius 1 is 1.24 bits per heavy atom. The van der Waals surface area contributed by atoms with Crippen LogP contribution in [-0.2, 0) is 9.98 Å². The SMILES string of the molecule is Cc1ccc(OP(=O)([O-])[O-])c(C(C)(C)C)c1.[Ca+2]. The van der Waals surface area contributed by atoms with Crippen LogP contribution in [0.15, 0.2) is 18.2 Å². The van der Waals surface area contributed by atoms with E-state index in [9.17, 15) is 14.4 Å². The Kier molecular flexibility index (Phi) is 6.20. The van der Waals surface area contributed by atoms with Gasteiger partial charge in [0.15, 0.2) is 0 Å². The van der Waals surface area contributed by atoms with Crippen LogP contribution in [0.1, 0.15) is 31.9 Å². The minimum absolute atomic E-state index is 0. The number of phosphoric ester groups is 1. The van der Waals surface area contributed by atoms with Crippen LogP contribution in [0.5, 0.6) is 5.75 Å². The maximum absolute atomic E-state index is 10.6. The molecule has 0 saturated heterocycles. The fraction of sp³-hybridized carbons (Fsp3) is 0.455. The molecule has 0 spiro atoms. The first-order chi connectivity index (χ1) is 7.09. The van der Waals surface area contributed by atoms with Crippen LogP contribution in [0, 0.1) is 6.92 Å². The second-order valence-electron chi connectivity index (χ2n) is 4.79. The molecule has 0 amide bonds. The zero-order valence-corrected chi connectivity index (χ0v) is 13.6. The van der Waals surface area contributed by atoms with E-state index in [2.05, 4.69) is 4.52 Å². The Balaban J connectivity index is 0.00000256. The molecule has 0 bridgehead atoms. The van der Waals surface area contributed by atoms with Gasteiger partial charge in [0.2, 0.25) is 0 Å². The standard InChI is InChI=1S/C11H17O4P.Ca/c1-8-5-6-10(15-16(12,13)14)9(7-8)11(2,3)4;/h5-7H,1-4H3,(H2,12,13,14);/q;+2/p-2. The molecule has 0 unspecified atom stereocenters. The molecule has 6 heteroatoms. The Morgan fingerprint density at radius 2 is 1.76 bits per heavy atom. The molecule has 4 nitrogen and oxygen atoms in total. The van der Waals surface area contributed by atoms with Crippen LogP contribution in [0.4, 0.5) is 0 Å². The van der Waals surface area contributed by atoms with Crippen molar-refractivity contribution in [1.29, 1.82) is 0 Å². The van der Waals surface area contributed by atoms with Crippen molar-refractivity contribution in [1.82, 2.24) is 0 Å². The first-order valence-corrected chi connectivity index (χ1v) is 6.38. The van der Waals surface area contributed by atoms with Gasteiger partial charge < -0.3 is 18.9 Å². The summed E-state index contributed by atoms with van der Waals surface area (Å²) in [5, 5.41) is 0. The number of rotatable bonds is 2. The molecule has 0 fully saturated rings. The summed E-state index contributed by atoms with van der Waals surface area (Å²) < 4.78 is 15.1. The average Bonchev–Trinajstić information content (AvgIpc) is 2.04. The summed E-state index contributed by atoms with van der Waals surface area (Å²) >= 11 is 0. The summed E-state index contributed by atoms with van der Waals surface area (Å²) in [6.07, 6.45) is 0. The molecular formula is C11H15CaO4P. The van der Waals surface area contributed by atoms with Gasteiger partial charge in [-0.1, -0.05) is 38.5 Å². The van der Waals surface area contributed by atoms with Crippen LogP contribution < -0.4 is 14.3 Å². The van der Waals surface area contributed by atoms with E-state index in [0.29, 0.717) is 5.56 Å². The smallest absolute Gasteiger partial charge is 0.780 e. The van der Waals surface area contributed by atoms with E-state index in [0.717, 1.165) is 5.56 Å². The number of phosphoric acid groups is 1. The minimum Gasteiger partial charge on any atom is -0.780 e. The topological polar surface area (TPSA) is 72.4 Å². The second-order valence-corrected chi connectivity index (χ2v) is 5.87. The number of hydrogen-bond donors (Lipinski definition) is 0. The molecule has 90 valence electrons. The molecule has 0 radical (unpaired) electrons. The third-order valence-corrected chi connectivity index (χ3v) is 2.57. The zero-order valence-electron chi connectivity index (χ0n) is 10.5. The predicted octanol–water partition coefficient (Wildman–Crippen LogP) is 1.12. The van der Waals surface area contributed by atoms with Crippen LogP contribution in [0.3, 0.4) is 0 Å². The van der Waals surface area contributed by atoms with Crippen LogP contribution in [0.2, 0.25) is 0 Å². The first-order valence-electron chi connectivity index (χ1n) is 4.92. The fourth-order valence-corrected chi connectivity index (χ4v) is 1.83. The third kappa shape index (κ3) is 5.73. The summed E-state index contributed by atoms with van der Waals surface area (Å²) in [6, 6.07) is 5.05. The van der Waals surface area contributed by atoms with Gasteiger partial charge in [-0.2, -0.15) is 0 Å². The molecule has 0 saturated carbocycles. The van der Waals surface area contributed by atoms with Gasteiger partial charge in [0, 0.05) is 5.56 Å². The third-order valence-electron chi connectivity index (χ3n) is 2.15. The van der Waals surface area contributed by atoms with Gasteiger partial charge >= 0.3 is 37.7 Å². The summed E-state index contributed by atoms with van der Waals surface area (Å²) in [5.41, 5.74) is 1.42. The summed E-state index contributed by atoms with van der Waals surface area (Å²) in [6.45, 7) is 7.67. The molecule has 0 aromatic heterocycles. The molecular weight excluding hydrogens is 267 g/mol. The maximum atomic E-state index is 10.6. The van der Waals surface area contributed by atoms with Gasteiger partial charge in [0.1, 0.15) is 13.6 Å². The maximum Gasteiger partial charge on any atom is 2.00 e. The van der Waals surface area contributed by atoms with Gasteiger partial charge in [0.05, 0.1) is 0 Å². The van der Waals surface area contributed by atoms with Gasteiger partial charge in [-0.15, -0.1) is 0 Å². The van der Waals surface area contributed by atoms with Crippen LogP contribution >= 0.6 is 7.82 Å². The van der Waals surface area contributed by atoms with Crippen molar-refractivity contribution in [2.75, 3.05) is 0 Å². The number of benzene rings is 1. The molecule has 1 aromatic rings. The molecule has 0 heterocycles. The quantitative estimate of drug-likeness (QED) is 0.602. The van der Waals surface area contributed by atoms with E-state index < -0.39 is 7.82 Å². The van der Waals surface area contributed by atoms with E-state index in [-0.39, 0.29) is 48.9 Å². The first kappa shape index (κ1) is 17.4. The molecule has 1 aromatic carbocycles. The Labute approximate surface area is 132 Å². The minimum atomic E-state index is -5.00. The van der Waals surface area contributed by atoms with Gasteiger partial charge in [-0.05, 0) is 18.4 Å². The number of hydrogen-bond acceptors (Lipinski definition) is 4. The van der Waals surface area contributed by atoms with Crippen LogP contribution in [-0.4, -0.2) is 37.7 Å². The molecule has 0 aliphatic rings. The normalized spacial score (nSPS) is 11.9. The average molecular weight is 282 g/mol. The van der Waals surface area contributed by atoms with E-state index in [4.69, 9.17) is 0 Å². The second kappa shape index (κ2) is 6.05.